The monoisotopic (exact) mass is 308 g/mol. The molecule has 6 nitrogen and oxygen atoms in total. The number of nitrogens with zero attached hydrogens (tertiary/aromatic N) is 4. The zero-order chi connectivity index (χ0) is 16.6. The van der Waals surface area contributed by atoms with E-state index in [1.54, 1.807) is 6.07 Å². The van der Waals surface area contributed by atoms with Gasteiger partial charge in [0.25, 0.3) is 5.69 Å². The van der Waals surface area contributed by atoms with Crippen LogP contribution in [0.2, 0.25) is 0 Å². The Bertz CT molecular complexity index is 941. The van der Waals surface area contributed by atoms with Crippen LogP contribution in [-0.4, -0.2) is 19.7 Å². The molecule has 0 aliphatic heterocycles. The van der Waals surface area contributed by atoms with E-state index in [0.717, 1.165) is 22.3 Å². The van der Waals surface area contributed by atoms with Crippen LogP contribution in [-0.2, 0) is 7.05 Å². The molecular weight excluding hydrogens is 292 g/mol. The Morgan fingerprint density at radius 1 is 1.17 bits per heavy atom. The number of aryl methyl sites for hydroxylation is 2. The van der Waals surface area contributed by atoms with Crippen LogP contribution in [0.5, 0.6) is 0 Å². The van der Waals surface area contributed by atoms with Gasteiger partial charge in [-0.2, -0.15) is 5.10 Å². The number of benzene rings is 1. The molecule has 3 aromatic rings. The molecule has 3 rings (SSSR count). The van der Waals surface area contributed by atoms with Crippen molar-refractivity contribution in [1.29, 1.82) is 0 Å². The average Bonchev–Trinajstić information content (AvgIpc) is 2.77. The van der Waals surface area contributed by atoms with E-state index >= 15 is 0 Å². The fourth-order valence-corrected chi connectivity index (χ4v) is 2.59. The van der Waals surface area contributed by atoms with E-state index in [0.29, 0.717) is 11.2 Å². The fraction of sp³-hybridized carbons (Fsp3) is 0.176. The van der Waals surface area contributed by atoms with Crippen LogP contribution < -0.4 is 0 Å². The molecule has 0 saturated heterocycles. The standard InChI is InChI=1S/C17H16N4O2/c1-11-15(12(2)20(3)19-11)10-9-14-8-7-13-5-4-6-16(21(22)23)17(13)18-14/h4-10H,1-3H3/b10-9+. The van der Waals surface area contributed by atoms with Crippen LogP contribution in [0, 0.1) is 24.0 Å². The maximum absolute atomic E-state index is 11.1. The third-order valence-electron chi connectivity index (χ3n) is 3.90. The maximum Gasteiger partial charge on any atom is 0.295 e. The number of hydrogen-bond acceptors (Lipinski definition) is 4. The Labute approximate surface area is 133 Å². The quantitative estimate of drug-likeness (QED) is 0.546. The summed E-state index contributed by atoms with van der Waals surface area (Å²) in [4.78, 5) is 15.2. The minimum atomic E-state index is -0.405. The van der Waals surface area contributed by atoms with Crippen molar-refractivity contribution in [1.82, 2.24) is 14.8 Å². The molecule has 0 aliphatic carbocycles. The lowest BCUT2D eigenvalue weighted by Crippen LogP contribution is -1.93. The number of nitro benzene ring substituents is 1. The summed E-state index contributed by atoms with van der Waals surface area (Å²) in [5.41, 5.74) is 4.13. The Hall–Kier alpha value is -3.02. The number of rotatable bonds is 3. The van der Waals surface area contributed by atoms with Gasteiger partial charge in [0.05, 0.1) is 16.3 Å². The highest BCUT2D eigenvalue weighted by Crippen LogP contribution is 2.24. The summed E-state index contributed by atoms with van der Waals surface area (Å²) < 4.78 is 1.83. The van der Waals surface area contributed by atoms with Gasteiger partial charge in [0.2, 0.25) is 0 Å². The third kappa shape index (κ3) is 2.70. The molecule has 0 aliphatic rings. The Morgan fingerprint density at radius 3 is 2.61 bits per heavy atom. The molecule has 116 valence electrons. The predicted molar refractivity (Wildman–Crippen MR) is 90.0 cm³/mol. The molecule has 6 heteroatoms. The first-order valence-corrected chi connectivity index (χ1v) is 7.20. The number of aromatic nitrogens is 3. The zero-order valence-electron chi connectivity index (χ0n) is 13.1. The number of hydrogen-bond donors (Lipinski definition) is 0. The molecule has 0 amide bonds. The van der Waals surface area contributed by atoms with E-state index in [2.05, 4.69) is 10.1 Å². The first-order chi connectivity index (χ1) is 11.0. The highest BCUT2D eigenvalue weighted by Gasteiger charge is 2.12. The zero-order valence-corrected chi connectivity index (χ0v) is 13.1. The molecule has 0 saturated carbocycles. The summed E-state index contributed by atoms with van der Waals surface area (Å²) in [6.45, 7) is 3.95. The van der Waals surface area contributed by atoms with E-state index in [4.69, 9.17) is 0 Å². The van der Waals surface area contributed by atoms with Gasteiger partial charge in [-0.25, -0.2) is 4.98 Å². The van der Waals surface area contributed by atoms with E-state index in [9.17, 15) is 10.1 Å². The molecule has 1 aromatic carbocycles. The minimum Gasteiger partial charge on any atom is -0.272 e. The number of fused-ring (bicyclic) bond motifs is 1. The number of nitro groups is 1. The molecule has 2 aromatic heterocycles. The molecule has 0 N–H and O–H groups in total. The summed E-state index contributed by atoms with van der Waals surface area (Å²) in [5.74, 6) is 0. The summed E-state index contributed by atoms with van der Waals surface area (Å²) in [7, 11) is 1.90. The maximum atomic E-state index is 11.1. The lowest BCUT2D eigenvalue weighted by Gasteiger charge is -2.00. The van der Waals surface area contributed by atoms with E-state index in [-0.39, 0.29) is 5.69 Å². The van der Waals surface area contributed by atoms with Gasteiger partial charge in [-0.1, -0.05) is 18.2 Å². The smallest absolute Gasteiger partial charge is 0.272 e. The van der Waals surface area contributed by atoms with E-state index in [1.807, 2.05) is 55.9 Å². The van der Waals surface area contributed by atoms with Crippen molar-refractivity contribution in [3.8, 4) is 0 Å². The predicted octanol–water partition coefficient (Wildman–Crippen LogP) is 3.66. The number of pyridine rings is 1. The van der Waals surface area contributed by atoms with Crippen molar-refractivity contribution in [2.24, 2.45) is 7.05 Å². The van der Waals surface area contributed by atoms with Crippen molar-refractivity contribution in [3.63, 3.8) is 0 Å². The fourth-order valence-electron chi connectivity index (χ4n) is 2.59. The van der Waals surface area contributed by atoms with Crippen molar-refractivity contribution in [2.75, 3.05) is 0 Å². The molecular formula is C17H16N4O2. The highest BCUT2D eigenvalue weighted by atomic mass is 16.6. The summed E-state index contributed by atoms with van der Waals surface area (Å²) in [6, 6.07) is 8.65. The second-order valence-electron chi connectivity index (χ2n) is 5.38. The van der Waals surface area contributed by atoms with Crippen molar-refractivity contribution >= 4 is 28.7 Å². The van der Waals surface area contributed by atoms with E-state index < -0.39 is 4.92 Å². The van der Waals surface area contributed by atoms with Crippen molar-refractivity contribution in [3.05, 3.63) is 63.1 Å². The average molecular weight is 308 g/mol. The third-order valence-corrected chi connectivity index (χ3v) is 3.90. The molecule has 0 spiro atoms. The Kier molecular flexibility index (Phi) is 3.65. The molecule has 0 atom stereocenters. The van der Waals surface area contributed by atoms with Crippen LogP contribution in [0.25, 0.3) is 23.1 Å². The van der Waals surface area contributed by atoms with Gasteiger partial charge in [0, 0.05) is 29.8 Å². The van der Waals surface area contributed by atoms with E-state index in [1.165, 1.54) is 6.07 Å². The molecule has 0 bridgehead atoms. The summed E-state index contributed by atoms with van der Waals surface area (Å²) >= 11 is 0. The number of non-ortho nitro benzene ring substituents is 1. The summed E-state index contributed by atoms with van der Waals surface area (Å²) in [5, 5.41) is 16.3. The summed E-state index contributed by atoms with van der Waals surface area (Å²) in [6.07, 6.45) is 3.80. The van der Waals surface area contributed by atoms with Crippen LogP contribution in [0.4, 0.5) is 5.69 Å². The van der Waals surface area contributed by atoms with Crippen LogP contribution >= 0.6 is 0 Å². The van der Waals surface area contributed by atoms with Gasteiger partial charge >= 0.3 is 0 Å². The molecule has 2 heterocycles. The molecule has 23 heavy (non-hydrogen) atoms. The molecule has 0 unspecified atom stereocenters. The van der Waals surface area contributed by atoms with Gasteiger partial charge in [-0.05, 0) is 32.1 Å². The Morgan fingerprint density at radius 2 is 1.96 bits per heavy atom. The lowest BCUT2D eigenvalue weighted by molar-refractivity contribution is -0.383. The van der Waals surface area contributed by atoms with Gasteiger partial charge < -0.3 is 0 Å². The Balaban J connectivity index is 2.05. The molecule has 0 radical (unpaired) electrons. The van der Waals surface area contributed by atoms with Crippen LogP contribution in [0.3, 0.4) is 0 Å². The molecule has 0 fully saturated rings. The normalized spacial score (nSPS) is 11.4. The number of para-hydroxylation sites is 1. The second-order valence-corrected chi connectivity index (χ2v) is 5.38. The second kappa shape index (κ2) is 5.64. The van der Waals surface area contributed by atoms with Crippen molar-refractivity contribution in [2.45, 2.75) is 13.8 Å². The first kappa shape index (κ1) is 14.9. The van der Waals surface area contributed by atoms with Crippen LogP contribution in [0.15, 0.2) is 30.3 Å². The highest BCUT2D eigenvalue weighted by molar-refractivity contribution is 5.88. The lowest BCUT2D eigenvalue weighted by atomic mass is 10.1. The van der Waals surface area contributed by atoms with Crippen LogP contribution in [0.1, 0.15) is 22.6 Å². The van der Waals surface area contributed by atoms with Gasteiger partial charge in [-0.3, -0.25) is 14.8 Å². The largest absolute Gasteiger partial charge is 0.295 e. The van der Waals surface area contributed by atoms with Gasteiger partial charge in [-0.15, -0.1) is 0 Å². The van der Waals surface area contributed by atoms with Gasteiger partial charge in [0.15, 0.2) is 0 Å². The first-order valence-electron chi connectivity index (χ1n) is 7.20. The topological polar surface area (TPSA) is 73.8 Å². The van der Waals surface area contributed by atoms with Gasteiger partial charge in [0.1, 0.15) is 5.52 Å². The minimum absolute atomic E-state index is 0.0199. The van der Waals surface area contributed by atoms with Crippen molar-refractivity contribution < 1.29 is 4.92 Å². The SMILES string of the molecule is Cc1nn(C)c(C)c1/C=C/c1ccc2cccc([N+](=O)[O-])c2n1.